The summed E-state index contributed by atoms with van der Waals surface area (Å²) in [4.78, 5) is 18.9. The number of carbonyl (C=O) groups excluding carboxylic acids is 1. The van der Waals surface area contributed by atoms with Crippen molar-refractivity contribution in [2.45, 2.75) is 18.1 Å². The van der Waals surface area contributed by atoms with Crippen LogP contribution in [0.15, 0.2) is 60.7 Å². The Hall–Kier alpha value is -1.85. The van der Waals surface area contributed by atoms with E-state index >= 15 is 0 Å². The summed E-state index contributed by atoms with van der Waals surface area (Å²) in [6.07, 6.45) is 0.401. The molecular weight excluding hydrogens is 358 g/mol. The van der Waals surface area contributed by atoms with Crippen molar-refractivity contribution in [1.29, 1.82) is 0 Å². The molecule has 0 bridgehead atoms. The highest BCUT2D eigenvalue weighted by Gasteiger charge is 2.55. The van der Waals surface area contributed by atoms with E-state index in [9.17, 15) is 4.79 Å². The Morgan fingerprint density at radius 3 is 2.39 bits per heavy atom. The Morgan fingerprint density at radius 1 is 1.22 bits per heavy atom. The molecule has 2 atom stereocenters. The average Bonchev–Trinajstić information content (AvgIpc) is 3.03. The molecule has 3 rings (SSSR count). The maximum Gasteiger partial charge on any atom is 0.339 e. The van der Waals surface area contributed by atoms with E-state index in [0.29, 0.717) is 11.8 Å². The molecule has 1 aliphatic heterocycles. The van der Waals surface area contributed by atoms with E-state index in [0.717, 1.165) is 11.3 Å². The second kappa shape index (κ2) is 6.72. The number of rotatable bonds is 4. The minimum Gasteiger partial charge on any atom is -0.467 e. The molecule has 0 aromatic heterocycles. The number of esters is 1. The minimum atomic E-state index is -0.990. The van der Waals surface area contributed by atoms with Gasteiger partial charge in [0.05, 0.1) is 18.9 Å². The van der Waals surface area contributed by atoms with Crippen LogP contribution in [-0.4, -0.2) is 24.5 Å². The first-order valence-corrected chi connectivity index (χ1v) is 8.56. The fourth-order valence-corrected chi connectivity index (χ4v) is 3.37. The molecular formula is C18H18BrNO3. The number of para-hydroxylation sites is 1. The number of halogens is 1. The Labute approximate surface area is 144 Å². The second-order valence-electron chi connectivity index (χ2n) is 5.43. The lowest BCUT2D eigenvalue weighted by molar-refractivity contribution is -0.148. The zero-order valence-corrected chi connectivity index (χ0v) is 14.4. The molecule has 1 aliphatic rings. The summed E-state index contributed by atoms with van der Waals surface area (Å²) in [6, 6.07) is 19.3. The van der Waals surface area contributed by atoms with Crippen molar-refractivity contribution in [2.24, 2.45) is 0 Å². The summed E-state index contributed by atoms with van der Waals surface area (Å²) >= 11 is 3.47. The van der Waals surface area contributed by atoms with Crippen molar-refractivity contribution >= 4 is 27.6 Å². The number of benzene rings is 2. The number of hydrogen-bond acceptors (Lipinski definition) is 4. The molecule has 0 saturated carbocycles. The molecule has 1 fully saturated rings. The molecule has 120 valence electrons. The first-order chi connectivity index (χ1) is 11.2. The number of hydrogen-bond donors (Lipinski definition) is 0. The van der Waals surface area contributed by atoms with Crippen LogP contribution >= 0.6 is 15.9 Å². The molecule has 2 aromatic rings. The molecule has 0 radical (unpaired) electrons. The van der Waals surface area contributed by atoms with Crippen molar-refractivity contribution < 1.29 is 14.4 Å². The Balaban J connectivity index is 2.16. The molecule has 5 heteroatoms. The lowest BCUT2D eigenvalue weighted by atomic mass is 9.85. The lowest BCUT2D eigenvalue weighted by Crippen LogP contribution is -2.48. The molecule has 1 saturated heterocycles. The third kappa shape index (κ3) is 2.75. The highest BCUT2D eigenvalue weighted by Crippen LogP contribution is 2.44. The van der Waals surface area contributed by atoms with Crippen molar-refractivity contribution in [1.82, 2.24) is 0 Å². The Bertz CT molecular complexity index is 664. The molecule has 23 heavy (non-hydrogen) atoms. The third-order valence-corrected chi connectivity index (χ3v) is 4.78. The SMILES string of the molecule is COC(=O)[C@@]1(c2ccccc2)C[C@@H](CBr)ON1c1ccccc1. The summed E-state index contributed by atoms with van der Waals surface area (Å²) in [7, 11) is 1.41. The topological polar surface area (TPSA) is 38.8 Å². The van der Waals surface area contributed by atoms with Crippen LogP contribution in [0, 0.1) is 0 Å². The van der Waals surface area contributed by atoms with E-state index in [1.807, 2.05) is 60.7 Å². The lowest BCUT2D eigenvalue weighted by Gasteiger charge is -2.35. The smallest absolute Gasteiger partial charge is 0.339 e. The van der Waals surface area contributed by atoms with E-state index in [4.69, 9.17) is 9.57 Å². The standard InChI is InChI=1S/C18H18BrNO3/c1-22-17(21)18(14-8-4-2-5-9-14)12-16(13-19)23-20(18)15-10-6-3-7-11-15/h2-11,16H,12-13H2,1H3/t16-,18-/m0/s1. The van der Waals surface area contributed by atoms with Gasteiger partial charge >= 0.3 is 5.97 Å². The quantitative estimate of drug-likeness (QED) is 0.603. The third-order valence-electron chi connectivity index (χ3n) is 4.06. The van der Waals surface area contributed by atoms with Crippen LogP contribution in [-0.2, 0) is 19.9 Å². The second-order valence-corrected chi connectivity index (χ2v) is 6.08. The zero-order valence-electron chi connectivity index (χ0n) is 12.8. The number of ether oxygens (including phenoxy) is 1. The van der Waals surface area contributed by atoms with Crippen LogP contribution in [0.2, 0.25) is 0 Å². The molecule has 0 unspecified atom stereocenters. The zero-order chi connectivity index (χ0) is 16.3. The monoisotopic (exact) mass is 375 g/mol. The van der Waals surface area contributed by atoms with Gasteiger partial charge in [0, 0.05) is 11.8 Å². The molecule has 0 amide bonds. The van der Waals surface area contributed by atoms with Gasteiger partial charge in [-0.05, 0) is 17.7 Å². The van der Waals surface area contributed by atoms with Gasteiger partial charge in [-0.3, -0.25) is 4.84 Å². The Morgan fingerprint density at radius 2 is 1.83 bits per heavy atom. The summed E-state index contributed by atoms with van der Waals surface area (Å²) in [6.45, 7) is 0. The summed E-state index contributed by atoms with van der Waals surface area (Å²) < 4.78 is 5.16. The van der Waals surface area contributed by atoms with E-state index in [2.05, 4.69) is 15.9 Å². The molecule has 4 nitrogen and oxygen atoms in total. The number of anilines is 1. The van der Waals surface area contributed by atoms with Crippen LogP contribution in [0.4, 0.5) is 5.69 Å². The van der Waals surface area contributed by atoms with Crippen molar-refractivity contribution in [3.63, 3.8) is 0 Å². The van der Waals surface area contributed by atoms with Gasteiger partial charge in [0.2, 0.25) is 0 Å². The van der Waals surface area contributed by atoms with Gasteiger partial charge < -0.3 is 4.74 Å². The summed E-state index contributed by atoms with van der Waals surface area (Å²) in [5.74, 6) is -0.323. The number of methoxy groups -OCH3 is 1. The minimum absolute atomic E-state index is 0.116. The number of hydroxylamine groups is 1. The van der Waals surface area contributed by atoms with E-state index in [-0.39, 0.29) is 12.1 Å². The average molecular weight is 376 g/mol. The van der Waals surface area contributed by atoms with Crippen LogP contribution in [0.1, 0.15) is 12.0 Å². The van der Waals surface area contributed by atoms with Gasteiger partial charge in [-0.2, -0.15) is 0 Å². The van der Waals surface area contributed by atoms with Gasteiger partial charge in [0.15, 0.2) is 5.54 Å². The van der Waals surface area contributed by atoms with Gasteiger partial charge in [0.1, 0.15) is 0 Å². The molecule has 0 spiro atoms. The molecule has 1 heterocycles. The fourth-order valence-electron chi connectivity index (χ4n) is 3.02. The van der Waals surface area contributed by atoms with Gasteiger partial charge in [-0.25, -0.2) is 9.86 Å². The van der Waals surface area contributed by atoms with Crippen LogP contribution in [0.25, 0.3) is 0 Å². The number of nitrogens with zero attached hydrogens (tertiary/aromatic N) is 1. The normalized spacial score (nSPS) is 23.7. The van der Waals surface area contributed by atoms with E-state index in [1.54, 1.807) is 5.06 Å². The number of carbonyl (C=O) groups is 1. The van der Waals surface area contributed by atoms with E-state index < -0.39 is 5.54 Å². The number of alkyl halides is 1. The van der Waals surface area contributed by atoms with E-state index in [1.165, 1.54) is 7.11 Å². The largest absolute Gasteiger partial charge is 0.467 e. The van der Waals surface area contributed by atoms with Crippen molar-refractivity contribution in [3.05, 3.63) is 66.2 Å². The first-order valence-electron chi connectivity index (χ1n) is 7.44. The predicted molar refractivity (Wildman–Crippen MR) is 92.3 cm³/mol. The molecule has 0 N–H and O–H groups in total. The van der Waals surface area contributed by atoms with Gasteiger partial charge in [-0.1, -0.05) is 64.5 Å². The Kier molecular flexibility index (Phi) is 4.68. The van der Waals surface area contributed by atoms with Crippen LogP contribution in [0.5, 0.6) is 0 Å². The van der Waals surface area contributed by atoms with Gasteiger partial charge in [0.25, 0.3) is 0 Å². The summed E-state index contributed by atoms with van der Waals surface area (Å²) in [5, 5.41) is 2.34. The van der Waals surface area contributed by atoms with Crippen LogP contribution < -0.4 is 5.06 Å². The van der Waals surface area contributed by atoms with Gasteiger partial charge in [-0.15, -0.1) is 0 Å². The summed E-state index contributed by atoms with van der Waals surface area (Å²) in [5.41, 5.74) is 0.694. The maximum absolute atomic E-state index is 12.8. The highest BCUT2D eigenvalue weighted by atomic mass is 79.9. The predicted octanol–water partition coefficient (Wildman–Crippen LogP) is 3.66. The molecule has 2 aromatic carbocycles. The van der Waals surface area contributed by atoms with Crippen molar-refractivity contribution in [3.8, 4) is 0 Å². The molecule has 0 aliphatic carbocycles. The van der Waals surface area contributed by atoms with Crippen molar-refractivity contribution in [2.75, 3.05) is 17.5 Å². The maximum atomic E-state index is 12.8. The first kappa shape index (κ1) is 16.0. The fraction of sp³-hybridized carbons (Fsp3) is 0.278. The highest BCUT2D eigenvalue weighted by molar-refractivity contribution is 9.09. The van der Waals surface area contributed by atoms with Crippen LogP contribution in [0.3, 0.4) is 0 Å².